The molecule has 0 saturated heterocycles. The molecule has 13 aromatic carbocycles. The lowest BCUT2D eigenvalue weighted by Gasteiger charge is -2.15. The van der Waals surface area contributed by atoms with E-state index in [1.54, 1.807) is 0 Å². The molecule has 0 bridgehead atoms. The van der Waals surface area contributed by atoms with Gasteiger partial charge in [-0.05, 0) is 299 Å². The first-order valence-electron chi connectivity index (χ1n) is 34.2. The first-order valence-corrected chi connectivity index (χ1v) is 34.2. The van der Waals surface area contributed by atoms with Gasteiger partial charge in [-0.3, -0.25) is 0 Å². The van der Waals surface area contributed by atoms with E-state index in [2.05, 4.69) is 409 Å². The average Bonchev–Trinajstić information content (AvgIpc) is 0.843. The molecule has 0 amide bonds. The van der Waals surface area contributed by atoms with Gasteiger partial charge in [-0.15, -0.1) is 0 Å². The highest BCUT2D eigenvalue weighted by Crippen LogP contribution is 2.26. The lowest BCUT2D eigenvalue weighted by molar-refractivity contribution is 1.13. The number of aryl methyl sites for hydroxylation is 18. The minimum Gasteiger partial charge on any atom is -0.0620 e. The van der Waals surface area contributed by atoms with E-state index in [9.17, 15) is 0 Å². The average molecular weight is 1270 g/mol. The number of fused-ring (bicyclic) bond motifs is 3. The first-order chi connectivity index (χ1) is 45.5. The van der Waals surface area contributed by atoms with E-state index in [4.69, 9.17) is 0 Å². The third-order valence-corrected chi connectivity index (χ3v) is 18.6. The van der Waals surface area contributed by atoms with Gasteiger partial charge in [0.2, 0.25) is 0 Å². The van der Waals surface area contributed by atoms with Crippen LogP contribution in [-0.4, -0.2) is 0 Å². The molecule has 0 aromatic heterocycles. The van der Waals surface area contributed by atoms with E-state index in [-0.39, 0.29) is 0 Å². The van der Waals surface area contributed by atoms with Gasteiger partial charge in [0, 0.05) is 0 Å². The lowest BCUT2D eigenvalue weighted by atomic mass is 9.90. The Balaban J connectivity index is 0.000000197. The molecule has 0 fully saturated rings. The van der Waals surface area contributed by atoms with Crippen LogP contribution in [0.25, 0.3) is 43.4 Å². The summed E-state index contributed by atoms with van der Waals surface area (Å²) in [5.74, 6) is 0. The topological polar surface area (TPSA) is 0 Å². The van der Waals surface area contributed by atoms with Crippen molar-refractivity contribution in [1.29, 1.82) is 0 Å². The molecule has 496 valence electrons. The molecule has 0 nitrogen and oxygen atoms in total. The Labute approximate surface area is 582 Å². The molecule has 0 heteroatoms. The van der Waals surface area contributed by atoms with E-state index in [0.29, 0.717) is 0 Å². The van der Waals surface area contributed by atoms with Gasteiger partial charge < -0.3 is 0 Å². The van der Waals surface area contributed by atoms with Gasteiger partial charge in [0.15, 0.2) is 0 Å². The fourth-order valence-corrected chi connectivity index (χ4v) is 11.1. The van der Waals surface area contributed by atoms with E-state index in [1.165, 1.54) is 177 Å². The van der Waals surface area contributed by atoms with Gasteiger partial charge in [0.05, 0.1) is 0 Å². The Kier molecular flexibility index (Phi) is 30.8. The maximum Gasteiger partial charge on any atom is -0.0152 e. The van der Waals surface area contributed by atoms with Crippen molar-refractivity contribution >= 4 is 32.3 Å². The molecule has 13 rings (SSSR count). The zero-order chi connectivity index (χ0) is 70.8. The second kappa shape index (κ2) is 38.3. The normalized spacial score (nSPS) is 10.1. The van der Waals surface area contributed by atoms with Crippen LogP contribution in [0.2, 0.25) is 0 Å². The molecule has 0 atom stereocenters. The lowest BCUT2D eigenvalue weighted by Crippen LogP contribution is -1.98. The molecule has 96 heavy (non-hydrogen) atoms. The standard InChI is InChI=1S/C14H14.3C12H12.C12H18.C10H14.3C8H10/c1-11-3-7-13(8-4-11)14-9-5-12(2)6-10-14;1-9-3-5-12-8-10(2)4-6-11(12)7-9;1-9-5-3-8-12-10(2)6-4-7-11(9)12;1-9-7-8-10(2)12-6-4-3-5-11(9)12;1-7-8(2)10(4)12(6)11(5)9(7)3;1-7-5-9(3)10(4)6-8(7)2;1-7-3-5-8(2)6-4-7;1-7-4-3-5-8(2)6-7;1-7-5-3-4-6-8(7)2/h3-10H,1-2H3;3*3-8H,1-2H3;1-6H3;5-6H,1-4H3;3*3-6H,1-2H3. The summed E-state index contributed by atoms with van der Waals surface area (Å²) < 4.78 is 0. The molecule has 0 radical (unpaired) electrons. The molecule has 0 unspecified atom stereocenters. The molecular formula is C96H112. The summed E-state index contributed by atoms with van der Waals surface area (Å²) in [5.41, 5.74) is 35.6. The number of hydrogen-bond acceptors (Lipinski definition) is 0. The molecule has 0 N–H and O–H groups in total. The zero-order valence-electron chi connectivity index (χ0n) is 63.1. The second-order valence-corrected chi connectivity index (χ2v) is 26.7. The molecule has 13 aromatic rings. The highest BCUT2D eigenvalue weighted by Gasteiger charge is 2.08. The third kappa shape index (κ3) is 24.4. The van der Waals surface area contributed by atoms with Gasteiger partial charge in [0.1, 0.15) is 0 Å². The summed E-state index contributed by atoms with van der Waals surface area (Å²) in [6.07, 6.45) is 0. The van der Waals surface area contributed by atoms with Gasteiger partial charge >= 0.3 is 0 Å². The summed E-state index contributed by atoms with van der Waals surface area (Å²) in [6.45, 7) is 51.6. The summed E-state index contributed by atoms with van der Waals surface area (Å²) in [5, 5.41) is 8.16. The van der Waals surface area contributed by atoms with Gasteiger partial charge in [-0.25, -0.2) is 0 Å². The smallest absolute Gasteiger partial charge is 0.0152 e. The Morgan fingerprint density at radius 2 is 0.354 bits per heavy atom. The van der Waals surface area contributed by atoms with Crippen molar-refractivity contribution in [3.05, 3.63) is 376 Å². The van der Waals surface area contributed by atoms with E-state index < -0.39 is 0 Å². The maximum atomic E-state index is 2.24. The molecule has 0 aliphatic heterocycles. The minimum absolute atomic E-state index is 1.29. The predicted molar refractivity (Wildman–Crippen MR) is 430 cm³/mol. The van der Waals surface area contributed by atoms with Crippen LogP contribution in [0.15, 0.2) is 243 Å². The van der Waals surface area contributed by atoms with Crippen molar-refractivity contribution in [3.8, 4) is 11.1 Å². The van der Waals surface area contributed by atoms with Gasteiger partial charge in [0.25, 0.3) is 0 Å². The van der Waals surface area contributed by atoms with E-state index in [1.807, 2.05) is 0 Å². The van der Waals surface area contributed by atoms with E-state index >= 15 is 0 Å². The van der Waals surface area contributed by atoms with Crippen LogP contribution in [0, 0.1) is 166 Å². The number of hydrogen-bond donors (Lipinski definition) is 0. The van der Waals surface area contributed by atoms with Crippen LogP contribution in [0.3, 0.4) is 0 Å². The minimum atomic E-state index is 1.29. The Morgan fingerprint density at radius 3 is 0.625 bits per heavy atom. The maximum absolute atomic E-state index is 2.24. The monoisotopic (exact) mass is 1260 g/mol. The summed E-state index contributed by atoms with van der Waals surface area (Å²) in [7, 11) is 0. The molecular weight excluding hydrogens is 1150 g/mol. The highest BCUT2D eigenvalue weighted by molar-refractivity contribution is 5.89. The molecule has 0 aliphatic carbocycles. The van der Waals surface area contributed by atoms with Crippen molar-refractivity contribution in [2.45, 2.75) is 166 Å². The van der Waals surface area contributed by atoms with E-state index in [0.717, 1.165) is 0 Å². The number of benzene rings is 13. The van der Waals surface area contributed by atoms with Crippen LogP contribution in [0.5, 0.6) is 0 Å². The van der Waals surface area contributed by atoms with Gasteiger partial charge in [-0.1, -0.05) is 287 Å². The highest BCUT2D eigenvalue weighted by atomic mass is 14.1. The van der Waals surface area contributed by atoms with Crippen molar-refractivity contribution in [2.75, 3.05) is 0 Å². The van der Waals surface area contributed by atoms with Crippen LogP contribution in [0.4, 0.5) is 0 Å². The fraction of sp³-hybridized carbons (Fsp3) is 0.250. The molecule has 0 aliphatic rings. The largest absolute Gasteiger partial charge is 0.0620 e. The van der Waals surface area contributed by atoms with Crippen LogP contribution in [-0.2, 0) is 0 Å². The molecule has 0 saturated carbocycles. The Hall–Kier alpha value is -9.36. The number of rotatable bonds is 1. The Morgan fingerprint density at radius 1 is 0.135 bits per heavy atom. The summed E-state index contributed by atoms with van der Waals surface area (Å²) in [6, 6.07) is 85.9. The van der Waals surface area contributed by atoms with Crippen molar-refractivity contribution in [1.82, 2.24) is 0 Å². The molecule has 0 spiro atoms. The zero-order valence-corrected chi connectivity index (χ0v) is 63.1. The third-order valence-electron chi connectivity index (χ3n) is 18.6. The SMILES string of the molecule is Cc1c(C)c(C)c(C)c(C)c1C.Cc1cc(C)c(C)cc1C.Cc1ccc(-c2ccc(C)cc2)cc1.Cc1ccc(C)c2ccccc12.Cc1ccc(C)cc1.Cc1ccc2cc(C)ccc2c1.Cc1cccc(C)c1.Cc1cccc2c(C)cccc12.Cc1ccccc1C. The van der Waals surface area contributed by atoms with Crippen molar-refractivity contribution in [2.24, 2.45) is 0 Å². The summed E-state index contributed by atoms with van der Waals surface area (Å²) >= 11 is 0. The van der Waals surface area contributed by atoms with Crippen molar-refractivity contribution < 1.29 is 0 Å². The van der Waals surface area contributed by atoms with Crippen LogP contribution in [0.1, 0.15) is 134 Å². The predicted octanol–water partition coefficient (Wildman–Crippen LogP) is 27.7. The van der Waals surface area contributed by atoms with Gasteiger partial charge in [-0.2, -0.15) is 0 Å². The van der Waals surface area contributed by atoms with Crippen LogP contribution < -0.4 is 0 Å². The quantitative estimate of drug-likeness (QED) is 0.154. The second-order valence-electron chi connectivity index (χ2n) is 26.7. The van der Waals surface area contributed by atoms with Crippen LogP contribution >= 0.6 is 0 Å². The first kappa shape index (κ1) is 77.3. The Bertz CT molecular complexity index is 4150. The summed E-state index contributed by atoms with van der Waals surface area (Å²) in [4.78, 5) is 0. The van der Waals surface area contributed by atoms with Crippen molar-refractivity contribution in [3.63, 3.8) is 0 Å². The molecule has 0 heterocycles. The fourth-order valence-electron chi connectivity index (χ4n) is 11.1.